The molecular weight excluding hydrogens is 414 g/mol. The molecule has 4 rings (SSSR count). The van der Waals surface area contributed by atoms with Gasteiger partial charge < -0.3 is 24.8 Å². The molecule has 0 bridgehead atoms. The predicted octanol–water partition coefficient (Wildman–Crippen LogP) is -2.17. The number of hydrogen-bond donors (Lipinski definition) is 0. The molecule has 0 heterocycles. The molecule has 0 amide bonds. The molecule has 3 aromatic rings. The van der Waals surface area contributed by atoms with E-state index in [0.717, 1.165) is 0 Å². The van der Waals surface area contributed by atoms with Gasteiger partial charge in [-0.2, -0.15) is 12.1 Å². The van der Waals surface area contributed by atoms with E-state index in [0.29, 0.717) is 0 Å². The Labute approximate surface area is 174 Å². The number of benzene rings is 2. The van der Waals surface area contributed by atoms with Gasteiger partial charge in [0.15, 0.2) is 0 Å². The second kappa shape index (κ2) is 8.39. The minimum Gasteiger partial charge on any atom is -1.00 e. The molecule has 0 atom stereocenters. The molecule has 0 aliphatic heterocycles. The van der Waals surface area contributed by atoms with Crippen LogP contribution in [0.5, 0.6) is 0 Å². The van der Waals surface area contributed by atoms with E-state index in [4.69, 9.17) is 0 Å². The minimum absolute atomic E-state index is 0. The molecular formula is C21H17Cl2Zr. The standard InChI is InChI=1S/C21H17.2ClH.Zr/c1-14(2)16-12-7-13-19-17-10-5-6-11-18(17)20(21(16)19)15-8-3-4-9-15;;;/h3-13H,1-2H3;2*1H;/q-1;;;+3/p-2. The predicted molar refractivity (Wildman–Crippen MR) is 89.5 cm³/mol. The summed E-state index contributed by atoms with van der Waals surface area (Å²) in [5.41, 5.74) is 8.13. The molecule has 0 fully saturated rings. The van der Waals surface area contributed by atoms with Gasteiger partial charge in [-0.25, -0.2) is 0 Å². The van der Waals surface area contributed by atoms with Crippen LogP contribution in [0, 0.1) is 0 Å². The van der Waals surface area contributed by atoms with Crippen molar-refractivity contribution >= 4 is 11.1 Å². The third-order valence-electron chi connectivity index (χ3n) is 4.29. The van der Waals surface area contributed by atoms with Gasteiger partial charge in [0.25, 0.3) is 0 Å². The van der Waals surface area contributed by atoms with Crippen LogP contribution in [0.25, 0.3) is 22.3 Å². The average molecular weight is 431 g/mol. The van der Waals surface area contributed by atoms with Crippen LogP contribution < -0.4 is 35.3 Å². The van der Waals surface area contributed by atoms with E-state index in [1.54, 1.807) is 0 Å². The molecule has 0 spiro atoms. The summed E-state index contributed by atoms with van der Waals surface area (Å²) in [6, 6.07) is 24.1. The number of halogens is 2. The normalized spacial score (nSPS) is 10.7. The molecule has 119 valence electrons. The Balaban J connectivity index is 0.000000960. The molecule has 0 N–H and O–H groups in total. The molecule has 0 unspecified atom stereocenters. The molecule has 24 heavy (non-hydrogen) atoms. The maximum absolute atomic E-state index is 2.25. The minimum atomic E-state index is 0. The third-order valence-corrected chi connectivity index (χ3v) is 4.29. The van der Waals surface area contributed by atoms with Crippen LogP contribution in [0.2, 0.25) is 0 Å². The van der Waals surface area contributed by atoms with Crippen molar-refractivity contribution in [2.45, 2.75) is 13.8 Å². The fourth-order valence-corrected chi connectivity index (χ4v) is 3.37. The van der Waals surface area contributed by atoms with Gasteiger partial charge in [0.1, 0.15) is 0 Å². The molecule has 1 radical (unpaired) electrons. The fourth-order valence-electron chi connectivity index (χ4n) is 3.37. The average Bonchev–Trinajstić information content (AvgIpc) is 3.11. The molecule has 0 saturated heterocycles. The van der Waals surface area contributed by atoms with Gasteiger partial charge in [0.2, 0.25) is 0 Å². The Morgan fingerprint density at radius 2 is 1.29 bits per heavy atom. The van der Waals surface area contributed by atoms with Crippen molar-refractivity contribution in [3.05, 3.63) is 88.3 Å². The summed E-state index contributed by atoms with van der Waals surface area (Å²) in [7, 11) is 0. The number of fused-ring (bicyclic) bond motifs is 3. The summed E-state index contributed by atoms with van der Waals surface area (Å²) < 4.78 is 0. The van der Waals surface area contributed by atoms with E-state index in [1.807, 2.05) is 0 Å². The summed E-state index contributed by atoms with van der Waals surface area (Å²) in [4.78, 5) is 0. The van der Waals surface area contributed by atoms with Crippen molar-refractivity contribution in [1.29, 1.82) is 0 Å². The summed E-state index contributed by atoms with van der Waals surface area (Å²) in [6.07, 6.45) is 0. The van der Waals surface area contributed by atoms with Crippen LogP contribution in [0.1, 0.15) is 25.0 Å². The van der Waals surface area contributed by atoms with Crippen molar-refractivity contribution < 1.29 is 51.0 Å². The zero-order chi connectivity index (χ0) is 14.4. The Kier molecular flexibility index (Phi) is 7.35. The van der Waals surface area contributed by atoms with E-state index in [1.165, 1.54) is 43.8 Å². The molecule has 0 saturated carbocycles. The van der Waals surface area contributed by atoms with Gasteiger partial charge in [0, 0.05) is 0 Å². The zero-order valence-corrected chi connectivity index (χ0v) is 17.6. The van der Waals surface area contributed by atoms with Gasteiger partial charge >= 0.3 is 26.2 Å². The summed E-state index contributed by atoms with van der Waals surface area (Å²) in [5, 5.41) is 2.75. The SMILES string of the molecule is CC(C)=c1cccc2c1=C([c-]1cccc1)c1ccccc1-2.[Cl-].[Cl-].[Zr+3]. The largest absolute Gasteiger partial charge is 3.00 e. The first-order valence-corrected chi connectivity index (χ1v) is 7.40. The molecule has 3 heteroatoms. The van der Waals surface area contributed by atoms with Gasteiger partial charge in [-0.15, -0.1) is 17.7 Å². The first-order chi connectivity index (χ1) is 10.3. The smallest absolute Gasteiger partial charge is 1.00 e. The maximum atomic E-state index is 2.25. The second-order valence-electron chi connectivity index (χ2n) is 5.82. The molecule has 0 aromatic heterocycles. The van der Waals surface area contributed by atoms with Crippen LogP contribution in [-0.4, -0.2) is 0 Å². The second-order valence-corrected chi connectivity index (χ2v) is 5.82. The van der Waals surface area contributed by atoms with Crippen LogP contribution in [0.4, 0.5) is 0 Å². The first kappa shape index (κ1) is 21.0. The zero-order valence-electron chi connectivity index (χ0n) is 13.6. The fraction of sp³-hybridized carbons (Fsp3) is 0.0952. The summed E-state index contributed by atoms with van der Waals surface area (Å²) in [5.74, 6) is 0. The van der Waals surface area contributed by atoms with Crippen LogP contribution in [-0.2, 0) is 26.2 Å². The van der Waals surface area contributed by atoms with Crippen LogP contribution in [0.3, 0.4) is 0 Å². The van der Waals surface area contributed by atoms with Gasteiger partial charge in [-0.05, 0) is 13.8 Å². The number of hydrogen-bond acceptors (Lipinski definition) is 0. The van der Waals surface area contributed by atoms with Crippen molar-refractivity contribution in [3.8, 4) is 11.1 Å². The van der Waals surface area contributed by atoms with E-state index in [9.17, 15) is 0 Å². The third kappa shape index (κ3) is 3.23. The van der Waals surface area contributed by atoms with Crippen LogP contribution in [0.15, 0.2) is 66.7 Å². The molecule has 1 aliphatic rings. The molecule has 3 aromatic carbocycles. The Morgan fingerprint density at radius 1 is 0.708 bits per heavy atom. The first-order valence-electron chi connectivity index (χ1n) is 7.40. The molecule has 1 aliphatic carbocycles. The van der Waals surface area contributed by atoms with Gasteiger partial charge in [-0.3, -0.25) is 0 Å². The molecule has 0 nitrogen and oxygen atoms in total. The quantitative estimate of drug-likeness (QED) is 0.301. The van der Waals surface area contributed by atoms with E-state index in [2.05, 4.69) is 80.6 Å². The van der Waals surface area contributed by atoms with Gasteiger partial charge in [0.05, 0.1) is 0 Å². The van der Waals surface area contributed by atoms with Gasteiger partial charge in [-0.1, -0.05) is 80.7 Å². The van der Waals surface area contributed by atoms with Crippen molar-refractivity contribution in [2.24, 2.45) is 0 Å². The van der Waals surface area contributed by atoms with E-state index < -0.39 is 0 Å². The Morgan fingerprint density at radius 3 is 1.92 bits per heavy atom. The number of rotatable bonds is 1. The Hall–Kier alpha value is -1.01. The van der Waals surface area contributed by atoms with Crippen molar-refractivity contribution in [1.82, 2.24) is 0 Å². The van der Waals surface area contributed by atoms with Crippen molar-refractivity contribution in [3.63, 3.8) is 0 Å². The summed E-state index contributed by atoms with van der Waals surface area (Å²) >= 11 is 0. The van der Waals surface area contributed by atoms with E-state index >= 15 is 0 Å². The summed E-state index contributed by atoms with van der Waals surface area (Å²) in [6.45, 7) is 4.39. The monoisotopic (exact) mass is 429 g/mol. The van der Waals surface area contributed by atoms with Crippen LogP contribution >= 0.6 is 0 Å². The van der Waals surface area contributed by atoms with E-state index in [-0.39, 0.29) is 51.0 Å². The maximum Gasteiger partial charge on any atom is 3.00 e. The topological polar surface area (TPSA) is 0 Å². The van der Waals surface area contributed by atoms with Crippen molar-refractivity contribution in [2.75, 3.05) is 0 Å². The Bertz CT molecular complexity index is 950.